The van der Waals surface area contributed by atoms with Crippen molar-refractivity contribution in [3.05, 3.63) is 40.0 Å². The molecule has 0 atom stereocenters. The molecule has 0 radical (unpaired) electrons. The molecule has 9 heteroatoms. The van der Waals surface area contributed by atoms with Crippen LogP contribution in [0.3, 0.4) is 0 Å². The number of carbonyl (C=O) groups excluding carboxylic acids is 2. The number of para-hydroxylation sites is 1. The Morgan fingerprint density at radius 2 is 1.87 bits per heavy atom. The van der Waals surface area contributed by atoms with E-state index < -0.39 is 23.6 Å². The van der Waals surface area contributed by atoms with Gasteiger partial charge in [-0.1, -0.05) is 12.1 Å². The third kappa shape index (κ3) is 3.86. The maximum atomic E-state index is 13.0. The normalized spacial score (nSPS) is 12.3. The van der Waals surface area contributed by atoms with Gasteiger partial charge >= 0.3 is 12.1 Å². The van der Waals surface area contributed by atoms with Gasteiger partial charge < -0.3 is 4.74 Å². The van der Waals surface area contributed by atoms with Crippen molar-refractivity contribution < 1.29 is 27.5 Å². The van der Waals surface area contributed by atoms with Gasteiger partial charge in [-0.05, 0) is 12.1 Å². The molecule has 0 aliphatic rings. The number of aromatic nitrogens is 1. The molecular weight excluding hydrogens is 333 g/mol. The van der Waals surface area contributed by atoms with Gasteiger partial charge in [-0.2, -0.15) is 13.2 Å². The average Bonchev–Trinajstić information content (AvgIpc) is 2.80. The summed E-state index contributed by atoms with van der Waals surface area (Å²) in [4.78, 5) is 26.6. The first-order valence-corrected chi connectivity index (χ1v) is 7.19. The number of nitrogens with zero attached hydrogens (tertiary/aromatic N) is 2. The van der Waals surface area contributed by atoms with E-state index in [1.165, 1.54) is 30.5 Å². The third-order valence-corrected chi connectivity index (χ3v) is 3.47. The van der Waals surface area contributed by atoms with Crippen LogP contribution in [-0.4, -0.2) is 16.4 Å². The maximum absolute atomic E-state index is 13.0. The summed E-state index contributed by atoms with van der Waals surface area (Å²) < 4.78 is 44.8. The molecule has 1 heterocycles. The summed E-state index contributed by atoms with van der Waals surface area (Å²) in [6.45, 7) is 2.34. The predicted molar refractivity (Wildman–Crippen MR) is 76.6 cm³/mol. The Kier molecular flexibility index (Phi) is 4.69. The van der Waals surface area contributed by atoms with E-state index in [1.54, 1.807) is 0 Å². The van der Waals surface area contributed by atoms with Crippen LogP contribution in [-0.2, 0) is 11.0 Å². The predicted octanol–water partition coefficient (Wildman–Crippen LogP) is 3.39. The fourth-order valence-electron chi connectivity index (χ4n) is 1.80. The number of rotatable bonds is 2. The van der Waals surface area contributed by atoms with E-state index in [0.717, 1.165) is 28.9 Å². The molecule has 5 nitrogen and oxygen atoms in total. The summed E-state index contributed by atoms with van der Waals surface area (Å²) in [7, 11) is 0. The summed E-state index contributed by atoms with van der Waals surface area (Å²) in [6, 6.07) is 4.75. The Balaban J connectivity index is 2.64. The first-order valence-electron chi connectivity index (χ1n) is 6.31. The highest BCUT2D eigenvalue weighted by atomic mass is 32.1. The molecule has 0 fully saturated rings. The van der Waals surface area contributed by atoms with E-state index in [1.807, 2.05) is 0 Å². The van der Waals surface area contributed by atoms with Gasteiger partial charge in [-0.25, -0.2) is 9.56 Å². The van der Waals surface area contributed by atoms with Gasteiger partial charge in [-0.15, -0.1) is 11.3 Å². The van der Waals surface area contributed by atoms with Crippen molar-refractivity contribution >= 4 is 28.9 Å². The Bertz CT molecular complexity index is 821. The molecule has 23 heavy (non-hydrogen) atoms. The van der Waals surface area contributed by atoms with Gasteiger partial charge in [0.15, 0.2) is 4.80 Å². The lowest BCUT2D eigenvalue weighted by atomic mass is 10.2. The minimum Gasteiger partial charge on any atom is -0.408 e. The van der Waals surface area contributed by atoms with E-state index in [9.17, 15) is 22.8 Å². The van der Waals surface area contributed by atoms with Gasteiger partial charge in [0.05, 0.1) is 16.6 Å². The molecule has 0 amide bonds. The second kappa shape index (κ2) is 6.37. The van der Waals surface area contributed by atoms with Crippen molar-refractivity contribution in [3.63, 3.8) is 0 Å². The van der Waals surface area contributed by atoms with Gasteiger partial charge in [0.2, 0.25) is 11.8 Å². The maximum Gasteiger partial charge on any atom is 0.418 e. The van der Waals surface area contributed by atoms with Gasteiger partial charge in [0, 0.05) is 13.8 Å². The lowest BCUT2D eigenvalue weighted by molar-refractivity contribution is -0.137. The van der Waals surface area contributed by atoms with Crippen LogP contribution in [0.25, 0.3) is 0 Å². The van der Waals surface area contributed by atoms with E-state index in [2.05, 4.69) is 4.99 Å². The number of thiazole rings is 1. The molecule has 0 spiro atoms. The summed E-state index contributed by atoms with van der Waals surface area (Å²) in [5, 5.41) is 1.33. The number of halogens is 3. The molecule has 2 rings (SSSR count). The number of esters is 1. The molecule has 0 saturated carbocycles. The fourth-order valence-corrected chi connectivity index (χ4v) is 2.63. The van der Waals surface area contributed by atoms with Crippen LogP contribution in [0.2, 0.25) is 0 Å². The Morgan fingerprint density at radius 3 is 2.43 bits per heavy atom. The number of carbonyl (C=O) groups is 2. The second-order valence-electron chi connectivity index (χ2n) is 4.43. The van der Waals surface area contributed by atoms with Crippen molar-refractivity contribution in [3.8, 4) is 5.88 Å². The highest BCUT2D eigenvalue weighted by Crippen LogP contribution is 2.35. The number of benzene rings is 1. The van der Waals surface area contributed by atoms with Gasteiger partial charge in [0.25, 0.3) is 0 Å². The van der Waals surface area contributed by atoms with E-state index in [4.69, 9.17) is 4.74 Å². The number of hydrogen-bond donors (Lipinski definition) is 0. The lowest BCUT2D eigenvalue weighted by Gasteiger charge is -2.09. The Morgan fingerprint density at radius 1 is 1.22 bits per heavy atom. The molecule has 0 saturated heterocycles. The summed E-state index contributed by atoms with van der Waals surface area (Å²) in [6.07, 6.45) is -4.57. The van der Waals surface area contributed by atoms with Crippen molar-refractivity contribution in [2.75, 3.05) is 0 Å². The van der Waals surface area contributed by atoms with Crippen LogP contribution in [0.15, 0.2) is 34.6 Å². The smallest absolute Gasteiger partial charge is 0.408 e. The highest BCUT2D eigenvalue weighted by molar-refractivity contribution is 7.07. The van der Waals surface area contributed by atoms with Crippen LogP contribution >= 0.6 is 11.3 Å². The third-order valence-electron chi connectivity index (χ3n) is 2.67. The Hall–Kier alpha value is -2.42. The lowest BCUT2D eigenvalue weighted by Crippen LogP contribution is -2.22. The number of hydrogen-bond acceptors (Lipinski definition) is 5. The van der Waals surface area contributed by atoms with Crippen molar-refractivity contribution in [2.24, 2.45) is 4.99 Å². The standard InChI is InChI=1S/C14H11F3N2O3S/c1-8(20)19-12(22-9(2)21)7-23-13(19)18-11-6-4-3-5-10(11)14(15,16)17/h3-7H,1-2H3. The van der Waals surface area contributed by atoms with E-state index in [-0.39, 0.29) is 16.4 Å². The van der Waals surface area contributed by atoms with Crippen LogP contribution in [0.1, 0.15) is 24.2 Å². The monoisotopic (exact) mass is 344 g/mol. The van der Waals surface area contributed by atoms with Gasteiger partial charge in [0.1, 0.15) is 0 Å². The van der Waals surface area contributed by atoms with E-state index >= 15 is 0 Å². The zero-order valence-electron chi connectivity index (χ0n) is 12.0. The largest absolute Gasteiger partial charge is 0.418 e. The average molecular weight is 344 g/mol. The van der Waals surface area contributed by atoms with Crippen molar-refractivity contribution in [1.82, 2.24) is 4.57 Å². The molecule has 122 valence electrons. The van der Waals surface area contributed by atoms with Crippen molar-refractivity contribution in [1.29, 1.82) is 0 Å². The summed E-state index contributed by atoms with van der Waals surface area (Å²) in [5.41, 5.74) is -1.25. The van der Waals surface area contributed by atoms with E-state index in [0.29, 0.717) is 0 Å². The number of alkyl halides is 3. The zero-order valence-corrected chi connectivity index (χ0v) is 12.9. The molecule has 1 aromatic carbocycles. The minimum absolute atomic E-state index is 0.0227. The molecular formula is C14H11F3N2O3S. The first-order chi connectivity index (χ1) is 10.7. The quantitative estimate of drug-likeness (QED) is 0.785. The van der Waals surface area contributed by atoms with Crippen molar-refractivity contribution in [2.45, 2.75) is 20.0 Å². The minimum atomic E-state index is -4.57. The summed E-state index contributed by atoms with van der Waals surface area (Å²) >= 11 is 0.892. The van der Waals surface area contributed by atoms with Crippen LogP contribution in [0.4, 0.5) is 18.9 Å². The summed E-state index contributed by atoms with van der Waals surface area (Å²) in [5.74, 6) is -1.27. The van der Waals surface area contributed by atoms with Crippen LogP contribution in [0.5, 0.6) is 5.88 Å². The van der Waals surface area contributed by atoms with Gasteiger partial charge in [-0.3, -0.25) is 9.59 Å². The first kappa shape index (κ1) is 16.9. The van der Waals surface area contributed by atoms with Crippen LogP contribution < -0.4 is 9.54 Å². The Labute approximate surface area is 132 Å². The number of ether oxygens (including phenoxy) is 1. The molecule has 0 aliphatic carbocycles. The highest BCUT2D eigenvalue weighted by Gasteiger charge is 2.33. The molecule has 0 unspecified atom stereocenters. The zero-order chi connectivity index (χ0) is 17.2. The molecule has 0 bridgehead atoms. The molecule has 0 N–H and O–H groups in total. The molecule has 1 aromatic heterocycles. The molecule has 2 aromatic rings. The van der Waals surface area contributed by atoms with Crippen LogP contribution in [0, 0.1) is 0 Å². The SMILES string of the molecule is CC(=O)Oc1csc(=Nc2ccccc2C(F)(F)F)n1C(C)=O. The topological polar surface area (TPSA) is 60.7 Å². The molecule has 0 aliphatic heterocycles. The fraction of sp³-hybridized carbons (Fsp3) is 0.214. The second-order valence-corrected chi connectivity index (χ2v) is 5.27.